The van der Waals surface area contributed by atoms with Gasteiger partial charge in [-0.15, -0.1) is 0 Å². The van der Waals surface area contributed by atoms with Crippen LogP contribution in [-0.2, 0) is 61.3 Å². The number of aromatic amines is 1. The second kappa shape index (κ2) is 27.9. The highest BCUT2D eigenvalue weighted by Gasteiger charge is 2.32. The van der Waals surface area contributed by atoms with E-state index < -0.39 is 65.7 Å². The quantitative estimate of drug-likeness (QED) is 0.0193. The summed E-state index contributed by atoms with van der Waals surface area (Å²) < 4.78 is 22.5. The minimum absolute atomic E-state index is 0.0349. The number of alkyl carbamates (subject to hydrolysis) is 2. The largest absolute Gasteiger partial charge is 0.489 e. The number of anilines is 1. The van der Waals surface area contributed by atoms with Gasteiger partial charge in [0.25, 0.3) is 0 Å². The monoisotopic (exact) mass is 1060 g/mol. The first-order valence-electron chi connectivity index (χ1n) is 25.5. The lowest BCUT2D eigenvalue weighted by molar-refractivity contribution is -0.131. The van der Waals surface area contributed by atoms with Crippen LogP contribution in [0.1, 0.15) is 61.4 Å². The van der Waals surface area contributed by atoms with Gasteiger partial charge < -0.3 is 45.2 Å². The van der Waals surface area contributed by atoms with Crippen LogP contribution < -0.4 is 31.3 Å². The molecule has 0 spiro atoms. The van der Waals surface area contributed by atoms with Crippen molar-refractivity contribution in [2.45, 2.75) is 90.0 Å². The molecule has 78 heavy (non-hydrogen) atoms. The van der Waals surface area contributed by atoms with Crippen molar-refractivity contribution < 1.29 is 47.7 Å². The number of nitrogens with one attached hydrogen (secondary N) is 7. The summed E-state index contributed by atoms with van der Waals surface area (Å²) in [7, 11) is 0. The number of benzene rings is 6. The van der Waals surface area contributed by atoms with Gasteiger partial charge in [0, 0.05) is 42.2 Å². The zero-order chi connectivity index (χ0) is 55.3. The lowest BCUT2D eigenvalue weighted by atomic mass is 10.0. The van der Waals surface area contributed by atoms with E-state index in [-0.39, 0.29) is 45.4 Å². The Balaban J connectivity index is 1.15. The Morgan fingerprint density at radius 3 is 1.73 bits per heavy atom. The Labute approximate surface area is 452 Å². The van der Waals surface area contributed by atoms with E-state index >= 15 is 0 Å². The fourth-order valence-corrected chi connectivity index (χ4v) is 8.12. The van der Waals surface area contributed by atoms with Crippen molar-refractivity contribution in [1.82, 2.24) is 31.2 Å². The van der Waals surface area contributed by atoms with E-state index in [2.05, 4.69) is 31.6 Å². The summed E-state index contributed by atoms with van der Waals surface area (Å²) in [5.41, 5.74) is 4.07. The molecule has 404 valence electrons. The van der Waals surface area contributed by atoms with Crippen molar-refractivity contribution in [1.29, 1.82) is 5.41 Å². The molecule has 7 N–H and O–H groups in total. The highest BCUT2D eigenvalue weighted by atomic mass is 16.6. The summed E-state index contributed by atoms with van der Waals surface area (Å²) >= 11 is 0. The summed E-state index contributed by atoms with van der Waals surface area (Å²) in [5.74, 6) is -2.20. The van der Waals surface area contributed by atoms with Crippen LogP contribution >= 0.6 is 0 Å². The molecule has 0 aliphatic rings. The Hall–Kier alpha value is -9.45. The van der Waals surface area contributed by atoms with Gasteiger partial charge in [0.2, 0.25) is 23.7 Å². The number of amides is 6. The number of para-hydroxylation sites is 2. The molecule has 1 aromatic heterocycles. The van der Waals surface area contributed by atoms with Gasteiger partial charge in [0.15, 0.2) is 0 Å². The number of nitrogens with zero attached hydrogens (tertiary/aromatic N) is 1. The molecule has 0 saturated heterocycles. The van der Waals surface area contributed by atoms with E-state index in [4.69, 9.17) is 24.4 Å². The highest BCUT2D eigenvalue weighted by Crippen LogP contribution is 2.21. The van der Waals surface area contributed by atoms with E-state index in [1.165, 1.54) is 0 Å². The second-order valence-corrected chi connectivity index (χ2v) is 19.2. The number of aromatic nitrogens is 1. The Bertz CT molecular complexity index is 3100. The number of rotatable bonds is 22. The molecular formula is C60H64N8O10. The Morgan fingerprint density at radius 1 is 0.564 bits per heavy atom. The van der Waals surface area contributed by atoms with Crippen LogP contribution in [0.2, 0.25) is 0 Å². The van der Waals surface area contributed by atoms with Crippen LogP contribution in [0.4, 0.5) is 20.1 Å². The summed E-state index contributed by atoms with van der Waals surface area (Å²) in [6.07, 6.45) is -1.43. The molecule has 0 unspecified atom stereocenters. The van der Waals surface area contributed by atoms with E-state index in [1.54, 1.807) is 136 Å². The molecule has 0 fully saturated rings. The van der Waals surface area contributed by atoms with Crippen LogP contribution in [0.5, 0.6) is 5.75 Å². The summed E-state index contributed by atoms with van der Waals surface area (Å²) in [4.78, 5) is 88.2. The lowest BCUT2D eigenvalue weighted by Crippen LogP contribution is -2.57. The third-order valence-corrected chi connectivity index (χ3v) is 12.0. The van der Waals surface area contributed by atoms with Crippen molar-refractivity contribution in [3.05, 3.63) is 204 Å². The summed E-state index contributed by atoms with van der Waals surface area (Å²) in [5, 5.41) is 23.3. The van der Waals surface area contributed by atoms with E-state index in [9.17, 15) is 28.8 Å². The average molecular weight is 1060 g/mol. The number of carbonyl (C=O) groups excluding carboxylic acids is 6. The maximum atomic E-state index is 14.9. The fourth-order valence-electron chi connectivity index (χ4n) is 8.12. The van der Waals surface area contributed by atoms with Crippen molar-refractivity contribution in [3.8, 4) is 5.75 Å². The lowest BCUT2D eigenvalue weighted by Gasteiger charge is -2.27. The molecule has 0 saturated carbocycles. The number of hydrogen-bond donors (Lipinski definition) is 7. The molecule has 3 atom stereocenters. The Kier molecular flexibility index (Phi) is 20.1. The Morgan fingerprint density at radius 2 is 1.10 bits per heavy atom. The molecule has 0 bridgehead atoms. The average Bonchev–Trinajstić information content (AvgIpc) is 3.85. The molecule has 0 aliphatic heterocycles. The predicted octanol–water partition coefficient (Wildman–Crippen LogP) is 9.31. The molecular weight excluding hydrogens is 993 g/mol. The summed E-state index contributed by atoms with van der Waals surface area (Å²) in [6, 6.07) is 46.7. The highest BCUT2D eigenvalue weighted by molar-refractivity contribution is 6.00. The number of ether oxygens (including phenoxy) is 4. The zero-order valence-electron chi connectivity index (χ0n) is 43.7. The maximum absolute atomic E-state index is 14.9. The van der Waals surface area contributed by atoms with Gasteiger partial charge in [-0.3, -0.25) is 25.1 Å². The SMILES string of the molecule is CC(C)(C)OC(=O)N[C@@H](Cc1ccc(OCc2ccccc2)cc1)C(=O)N[C@H](CCCN(C(=N)NC(=O)OCc1ccccc1)C(=O)OCc1ccccc1)C(=O)N[C@@H](Cc1c[nH]c2ccccc12)C(=O)Nc1ccccc1. The third kappa shape index (κ3) is 17.9. The number of fused-ring (bicyclic) bond motifs is 1. The van der Waals surface area contributed by atoms with Crippen molar-refractivity contribution >= 4 is 58.6 Å². The molecule has 7 rings (SSSR count). The van der Waals surface area contributed by atoms with Gasteiger partial charge in [-0.2, -0.15) is 0 Å². The van der Waals surface area contributed by atoms with E-state index in [1.807, 2.05) is 60.7 Å². The second-order valence-electron chi connectivity index (χ2n) is 19.2. The molecule has 0 aliphatic carbocycles. The first-order chi connectivity index (χ1) is 37.7. The molecule has 1 heterocycles. The number of carbonyl (C=O) groups is 6. The number of hydrogen-bond acceptors (Lipinski definition) is 11. The van der Waals surface area contributed by atoms with Gasteiger partial charge >= 0.3 is 18.3 Å². The van der Waals surface area contributed by atoms with Crippen molar-refractivity contribution in [3.63, 3.8) is 0 Å². The van der Waals surface area contributed by atoms with Crippen LogP contribution in [0.25, 0.3) is 10.9 Å². The number of H-pyrrole nitrogens is 1. The first-order valence-corrected chi connectivity index (χ1v) is 25.5. The third-order valence-electron chi connectivity index (χ3n) is 12.0. The van der Waals surface area contributed by atoms with Gasteiger partial charge in [0.1, 0.15) is 49.3 Å². The molecule has 7 aromatic rings. The van der Waals surface area contributed by atoms with Crippen molar-refractivity contribution in [2.24, 2.45) is 0 Å². The van der Waals surface area contributed by atoms with Gasteiger partial charge in [-0.1, -0.05) is 140 Å². The number of guanidine groups is 1. The van der Waals surface area contributed by atoms with Crippen LogP contribution in [0.3, 0.4) is 0 Å². The van der Waals surface area contributed by atoms with Gasteiger partial charge in [-0.25, -0.2) is 19.3 Å². The van der Waals surface area contributed by atoms with E-state index in [0.29, 0.717) is 34.7 Å². The molecule has 0 radical (unpaired) electrons. The first kappa shape index (κ1) is 56.3. The smallest absolute Gasteiger partial charge is 0.416 e. The van der Waals surface area contributed by atoms with Gasteiger partial charge in [0.05, 0.1) is 0 Å². The van der Waals surface area contributed by atoms with Gasteiger partial charge in [-0.05, 0) is 91.8 Å². The fraction of sp³-hybridized carbons (Fsp3) is 0.250. The summed E-state index contributed by atoms with van der Waals surface area (Å²) in [6.45, 7) is 4.79. The van der Waals surface area contributed by atoms with Crippen molar-refractivity contribution in [2.75, 3.05) is 11.9 Å². The minimum atomic E-state index is -1.43. The molecule has 6 aromatic carbocycles. The van der Waals surface area contributed by atoms with E-state index in [0.717, 1.165) is 26.9 Å². The molecule has 6 amide bonds. The van der Waals surface area contributed by atoms with Crippen LogP contribution in [0, 0.1) is 5.41 Å². The minimum Gasteiger partial charge on any atom is -0.489 e. The normalized spacial score (nSPS) is 12.1. The predicted molar refractivity (Wildman–Crippen MR) is 295 cm³/mol. The standard InChI is InChI=1S/C60H64N8O10/c1-60(2,3)78-58(73)66-51(35-41-30-32-47(33-31-41)75-38-42-19-8-4-9-20-42)55(71)64-50(53(69)65-52(54(70)63-46-25-14-7-15-26-46)36-45-37-62-49-28-17-16-27-48(45)49)29-18-34-68(59(74)77-40-44-23-12-6-13-24-44)56(61)67-57(72)76-39-43-21-10-5-11-22-43/h4-17,19-28,30-33,37,50-52,62H,18,29,34-36,38-40H2,1-3H3,(H,63,70)(H,64,71)(H,65,69)(H,66,73)(H2,61,67,72)/t50-,51+,52+/m1/s1. The van der Waals surface area contributed by atoms with Crippen LogP contribution in [0.15, 0.2) is 176 Å². The van der Waals surface area contributed by atoms with Crippen LogP contribution in [-0.4, -0.2) is 82.1 Å². The zero-order valence-corrected chi connectivity index (χ0v) is 43.7. The maximum Gasteiger partial charge on any atom is 0.416 e. The molecule has 18 heteroatoms. The topological polar surface area (TPSA) is 242 Å². The molecule has 18 nitrogen and oxygen atoms in total.